The number of carbonyl (C=O) groups excluding carboxylic acids is 2. The lowest BCUT2D eigenvalue weighted by Gasteiger charge is -2.28. The van der Waals surface area contributed by atoms with E-state index in [9.17, 15) is 9.59 Å². The number of halogens is 1. The number of ether oxygens (including phenoxy) is 2. The van der Waals surface area contributed by atoms with E-state index in [0.717, 1.165) is 18.4 Å². The number of para-hydroxylation sites is 1. The second kappa shape index (κ2) is 10.6. The van der Waals surface area contributed by atoms with Crippen molar-refractivity contribution in [1.29, 1.82) is 0 Å². The van der Waals surface area contributed by atoms with Crippen molar-refractivity contribution in [3.63, 3.8) is 0 Å². The van der Waals surface area contributed by atoms with Crippen LogP contribution >= 0.6 is 23.4 Å². The zero-order chi connectivity index (χ0) is 20.6. The Morgan fingerprint density at radius 1 is 1.17 bits per heavy atom. The number of hydrogen-bond acceptors (Lipinski definition) is 5. The van der Waals surface area contributed by atoms with Crippen LogP contribution in [0, 0.1) is 0 Å². The summed E-state index contributed by atoms with van der Waals surface area (Å²) in [5.74, 6) is 0.443. The molecule has 1 fully saturated rings. The first-order valence-electron chi connectivity index (χ1n) is 9.63. The number of benzene rings is 2. The Morgan fingerprint density at radius 3 is 2.69 bits per heavy atom. The van der Waals surface area contributed by atoms with Gasteiger partial charge in [0.25, 0.3) is 5.91 Å². The van der Waals surface area contributed by atoms with Crippen molar-refractivity contribution in [2.75, 3.05) is 19.0 Å². The molecule has 3 rings (SSSR count). The third kappa shape index (κ3) is 5.67. The summed E-state index contributed by atoms with van der Waals surface area (Å²) in [5.41, 5.74) is 0.874. The van der Waals surface area contributed by atoms with Crippen LogP contribution < -0.4 is 4.74 Å². The van der Waals surface area contributed by atoms with Crippen LogP contribution in [0.1, 0.15) is 30.7 Å². The van der Waals surface area contributed by atoms with Crippen molar-refractivity contribution < 1.29 is 19.1 Å². The number of hydrogen-bond donors (Lipinski definition) is 0. The van der Waals surface area contributed by atoms with Gasteiger partial charge in [-0.25, -0.2) is 4.79 Å². The van der Waals surface area contributed by atoms with Gasteiger partial charge in [0, 0.05) is 10.8 Å². The molecule has 0 spiro atoms. The Hall–Kier alpha value is -2.18. The maximum Gasteiger partial charge on any atom is 0.329 e. The van der Waals surface area contributed by atoms with E-state index < -0.39 is 6.04 Å². The fourth-order valence-electron chi connectivity index (χ4n) is 3.06. The fraction of sp³-hybridized carbons (Fsp3) is 0.364. The van der Waals surface area contributed by atoms with Gasteiger partial charge in [0.05, 0.1) is 6.61 Å². The Morgan fingerprint density at radius 2 is 1.97 bits per heavy atom. The molecule has 0 radical (unpaired) electrons. The number of rotatable bonds is 8. The number of amides is 1. The Balaban J connectivity index is 1.77. The monoisotopic (exact) mass is 433 g/mol. The molecule has 7 heteroatoms. The highest BCUT2D eigenvalue weighted by Gasteiger charge is 2.43. The molecule has 1 saturated heterocycles. The van der Waals surface area contributed by atoms with Crippen molar-refractivity contribution in [3.8, 4) is 5.75 Å². The molecule has 154 valence electrons. The topological polar surface area (TPSA) is 55.8 Å². The zero-order valence-electron chi connectivity index (χ0n) is 16.3. The van der Waals surface area contributed by atoms with Gasteiger partial charge in [0.15, 0.2) is 6.61 Å². The molecule has 0 aliphatic carbocycles. The summed E-state index contributed by atoms with van der Waals surface area (Å²) in [7, 11) is 0. The molecule has 2 aromatic rings. The lowest BCUT2D eigenvalue weighted by Crippen LogP contribution is -2.45. The molecule has 29 heavy (non-hydrogen) atoms. The first-order valence-corrected chi connectivity index (χ1v) is 11.1. The largest absolute Gasteiger partial charge is 0.484 e. The average Bonchev–Trinajstić information content (AvgIpc) is 3.18. The highest BCUT2D eigenvalue weighted by molar-refractivity contribution is 7.99. The van der Waals surface area contributed by atoms with Crippen molar-refractivity contribution >= 4 is 35.2 Å². The van der Waals surface area contributed by atoms with Crippen LogP contribution in [0.4, 0.5) is 0 Å². The summed E-state index contributed by atoms with van der Waals surface area (Å²) in [6.07, 6.45) is 1.74. The fourth-order valence-corrected chi connectivity index (χ4v) is 4.68. The second-order valence-electron chi connectivity index (χ2n) is 6.68. The molecule has 1 heterocycles. The van der Waals surface area contributed by atoms with E-state index in [1.807, 2.05) is 43.3 Å². The molecule has 0 N–H and O–H groups in total. The van der Waals surface area contributed by atoms with Crippen LogP contribution in [0.3, 0.4) is 0 Å². The maximum atomic E-state index is 13.1. The van der Waals surface area contributed by atoms with Crippen LogP contribution in [0.25, 0.3) is 0 Å². The minimum atomic E-state index is -0.646. The molecule has 0 bridgehead atoms. The zero-order valence-corrected chi connectivity index (χ0v) is 17.8. The second-order valence-corrected chi connectivity index (χ2v) is 8.23. The van der Waals surface area contributed by atoms with Crippen molar-refractivity contribution in [1.82, 2.24) is 4.90 Å². The molecule has 2 aromatic carbocycles. The third-order valence-corrected chi connectivity index (χ3v) is 6.10. The average molecular weight is 434 g/mol. The van der Waals surface area contributed by atoms with Gasteiger partial charge in [-0.3, -0.25) is 4.79 Å². The Kier molecular flexibility index (Phi) is 7.83. The molecule has 2 atom stereocenters. The van der Waals surface area contributed by atoms with E-state index in [4.69, 9.17) is 21.1 Å². The molecule has 1 amide bonds. The normalized spacial score (nSPS) is 18.5. The lowest BCUT2D eigenvalue weighted by atomic mass is 10.1. The number of esters is 1. The summed E-state index contributed by atoms with van der Waals surface area (Å²) < 4.78 is 11.0. The summed E-state index contributed by atoms with van der Waals surface area (Å²) in [6.45, 7) is 2.24. The minimum absolute atomic E-state index is 0.152. The first-order chi connectivity index (χ1) is 14.1. The SMILES string of the molecule is CCCCOC(=O)C1CSC(c2cccc(Cl)c2)N1C(=O)COc1ccccc1. The molecule has 0 aromatic heterocycles. The maximum absolute atomic E-state index is 13.1. The van der Waals surface area contributed by atoms with Crippen LogP contribution in [0.5, 0.6) is 5.75 Å². The number of thioether (sulfide) groups is 1. The van der Waals surface area contributed by atoms with Crippen molar-refractivity contribution in [3.05, 3.63) is 65.2 Å². The van der Waals surface area contributed by atoms with Crippen LogP contribution in [-0.2, 0) is 14.3 Å². The minimum Gasteiger partial charge on any atom is -0.484 e. The number of nitrogens with zero attached hydrogens (tertiary/aromatic N) is 1. The molecule has 1 aliphatic heterocycles. The van der Waals surface area contributed by atoms with Gasteiger partial charge in [-0.1, -0.05) is 55.3 Å². The third-order valence-electron chi connectivity index (χ3n) is 4.54. The van der Waals surface area contributed by atoms with Crippen LogP contribution in [-0.4, -0.2) is 41.8 Å². The smallest absolute Gasteiger partial charge is 0.329 e. The highest BCUT2D eigenvalue weighted by Crippen LogP contribution is 2.42. The van der Waals surface area contributed by atoms with E-state index >= 15 is 0 Å². The quantitative estimate of drug-likeness (QED) is 0.446. The summed E-state index contributed by atoms with van der Waals surface area (Å²) in [6, 6.07) is 15.8. The first kappa shape index (κ1) is 21.5. The van der Waals surface area contributed by atoms with E-state index in [1.54, 1.807) is 23.1 Å². The van der Waals surface area contributed by atoms with Gasteiger partial charge < -0.3 is 14.4 Å². The van der Waals surface area contributed by atoms with E-state index in [1.165, 1.54) is 11.8 Å². The summed E-state index contributed by atoms with van der Waals surface area (Å²) >= 11 is 7.67. The summed E-state index contributed by atoms with van der Waals surface area (Å²) in [5, 5.41) is 0.273. The summed E-state index contributed by atoms with van der Waals surface area (Å²) in [4.78, 5) is 27.3. The van der Waals surface area contributed by atoms with Crippen molar-refractivity contribution in [2.24, 2.45) is 0 Å². The number of unbranched alkanes of at least 4 members (excludes halogenated alkanes) is 1. The van der Waals surface area contributed by atoms with Gasteiger partial charge >= 0.3 is 5.97 Å². The highest BCUT2D eigenvalue weighted by atomic mass is 35.5. The van der Waals surface area contributed by atoms with Gasteiger partial charge in [0.1, 0.15) is 17.2 Å². The molecule has 0 saturated carbocycles. The van der Waals surface area contributed by atoms with Crippen LogP contribution in [0.2, 0.25) is 5.02 Å². The van der Waals surface area contributed by atoms with Gasteiger partial charge in [-0.2, -0.15) is 0 Å². The molecule has 2 unspecified atom stereocenters. The van der Waals surface area contributed by atoms with Gasteiger partial charge in [-0.05, 0) is 36.2 Å². The molecular weight excluding hydrogens is 410 g/mol. The molecule has 1 aliphatic rings. The Bertz CT molecular complexity index is 833. The van der Waals surface area contributed by atoms with E-state index in [-0.39, 0.29) is 23.9 Å². The lowest BCUT2D eigenvalue weighted by molar-refractivity contribution is -0.154. The molecular formula is C22H24ClNO4S. The standard InChI is InChI=1S/C22H24ClNO4S/c1-2-3-12-27-22(26)19-15-29-21(16-8-7-9-17(23)13-16)24(19)20(25)14-28-18-10-5-4-6-11-18/h4-11,13,19,21H,2-3,12,14-15H2,1H3. The van der Waals surface area contributed by atoms with Gasteiger partial charge in [-0.15, -0.1) is 11.8 Å². The molecule has 5 nitrogen and oxygen atoms in total. The predicted molar refractivity (Wildman–Crippen MR) is 115 cm³/mol. The van der Waals surface area contributed by atoms with Gasteiger partial charge in [0.2, 0.25) is 0 Å². The van der Waals surface area contributed by atoms with E-state index in [0.29, 0.717) is 23.1 Å². The van der Waals surface area contributed by atoms with Crippen molar-refractivity contribution in [2.45, 2.75) is 31.2 Å². The van der Waals surface area contributed by atoms with E-state index in [2.05, 4.69) is 0 Å². The Labute approximate surface area is 180 Å². The van der Waals surface area contributed by atoms with Crippen LogP contribution in [0.15, 0.2) is 54.6 Å². The number of carbonyl (C=O) groups is 2. The predicted octanol–water partition coefficient (Wildman–Crippen LogP) is 4.70.